The second-order valence-electron chi connectivity index (χ2n) is 3.61. The number of nitrogens with two attached hydrogens (primary N) is 1. The Kier molecular flexibility index (Phi) is 3.54. The van der Waals surface area contributed by atoms with Crippen molar-refractivity contribution in [3.63, 3.8) is 0 Å². The predicted molar refractivity (Wildman–Crippen MR) is 58.9 cm³/mol. The average molecular weight is 233 g/mol. The highest BCUT2D eigenvalue weighted by molar-refractivity contribution is 5.85. The zero-order chi connectivity index (χ0) is 10.2. The van der Waals surface area contributed by atoms with Crippen molar-refractivity contribution in [1.82, 2.24) is 5.32 Å². The SMILES string of the molecule is COc1ccc(F)c(C2(N)CNC2)c1.Cl. The summed E-state index contributed by atoms with van der Waals surface area (Å²) >= 11 is 0. The van der Waals surface area contributed by atoms with Crippen LogP contribution in [-0.4, -0.2) is 20.2 Å². The van der Waals surface area contributed by atoms with Crippen LogP contribution in [0.5, 0.6) is 5.75 Å². The van der Waals surface area contributed by atoms with Crippen molar-refractivity contribution in [3.8, 4) is 5.75 Å². The van der Waals surface area contributed by atoms with E-state index in [2.05, 4.69) is 5.32 Å². The molecule has 0 amide bonds. The third-order valence-corrected chi connectivity index (χ3v) is 2.59. The summed E-state index contributed by atoms with van der Waals surface area (Å²) < 4.78 is 18.5. The van der Waals surface area contributed by atoms with Crippen LogP contribution in [0.1, 0.15) is 5.56 Å². The molecule has 1 aliphatic rings. The molecule has 0 unspecified atom stereocenters. The molecule has 1 saturated heterocycles. The molecule has 0 bridgehead atoms. The summed E-state index contributed by atoms with van der Waals surface area (Å²) in [5, 5.41) is 3.03. The van der Waals surface area contributed by atoms with Gasteiger partial charge in [0.2, 0.25) is 0 Å². The summed E-state index contributed by atoms with van der Waals surface area (Å²) in [7, 11) is 1.55. The van der Waals surface area contributed by atoms with Crippen molar-refractivity contribution >= 4 is 12.4 Å². The van der Waals surface area contributed by atoms with E-state index in [-0.39, 0.29) is 18.2 Å². The first kappa shape index (κ1) is 12.2. The molecule has 1 heterocycles. The Balaban J connectivity index is 0.00000112. The van der Waals surface area contributed by atoms with Gasteiger partial charge in [-0.15, -0.1) is 12.4 Å². The summed E-state index contributed by atoms with van der Waals surface area (Å²) in [6.07, 6.45) is 0. The lowest BCUT2D eigenvalue weighted by Crippen LogP contribution is -2.63. The quantitative estimate of drug-likeness (QED) is 0.800. The Hall–Kier alpha value is -0.840. The lowest BCUT2D eigenvalue weighted by Gasteiger charge is -2.39. The summed E-state index contributed by atoms with van der Waals surface area (Å²) in [5.41, 5.74) is 5.94. The molecular weight excluding hydrogens is 219 g/mol. The van der Waals surface area contributed by atoms with E-state index in [0.717, 1.165) is 0 Å². The van der Waals surface area contributed by atoms with Gasteiger partial charge in [-0.3, -0.25) is 0 Å². The molecule has 5 heteroatoms. The highest BCUT2D eigenvalue weighted by Gasteiger charge is 2.36. The van der Waals surface area contributed by atoms with Crippen LogP contribution in [0, 0.1) is 5.82 Å². The second kappa shape index (κ2) is 4.35. The fourth-order valence-electron chi connectivity index (χ4n) is 1.60. The Bertz CT molecular complexity index is 355. The van der Waals surface area contributed by atoms with Gasteiger partial charge in [-0.1, -0.05) is 0 Å². The molecule has 1 aliphatic heterocycles. The predicted octanol–water partition coefficient (Wildman–Crippen LogP) is 1.01. The van der Waals surface area contributed by atoms with Crippen molar-refractivity contribution in [2.75, 3.05) is 20.2 Å². The number of benzene rings is 1. The summed E-state index contributed by atoms with van der Waals surface area (Å²) in [6.45, 7) is 1.22. The van der Waals surface area contributed by atoms with Gasteiger partial charge in [0, 0.05) is 18.7 Å². The molecule has 0 saturated carbocycles. The van der Waals surface area contributed by atoms with E-state index in [1.165, 1.54) is 6.07 Å². The van der Waals surface area contributed by atoms with Crippen molar-refractivity contribution in [2.45, 2.75) is 5.54 Å². The van der Waals surface area contributed by atoms with Gasteiger partial charge >= 0.3 is 0 Å². The Morgan fingerprint density at radius 3 is 2.60 bits per heavy atom. The van der Waals surface area contributed by atoms with Gasteiger partial charge in [-0.25, -0.2) is 4.39 Å². The number of methoxy groups -OCH3 is 1. The molecule has 1 fully saturated rings. The molecule has 84 valence electrons. The number of rotatable bonds is 2. The molecule has 2 rings (SSSR count). The lowest BCUT2D eigenvalue weighted by atomic mass is 9.85. The smallest absolute Gasteiger partial charge is 0.128 e. The first-order chi connectivity index (χ1) is 6.65. The molecule has 15 heavy (non-hydrogen) atoms. The fourth-order valence-corrected chi connectivity index (χ4v) is 1.60. The van der Waals surface area contributed by atoms with Crippen molar-refractivity contribution in [1.29, 1.82) is 0 Å². The van der Waals surface area contributed by atoms with Gasteiger partial charge in [-0.05, 0) is 18.2 Å². The second-order valence-corrected chi connectivity index (χ2v) is 3.61. The van der Waals surface area contributed by atoms with Crippen LogP contribution < -0.4 is 15.8 Å². The maximum absolute atomic E-state index is 13.5. The molecule has 0 radical (unpaired) electrons. The minimum Gasteiger partial charge on any atom is -0.497 e. The topological polar surface area (TPSA) is 47.3 Å². The fraction of sp³-hybridized carbons (Fsp3) is 0.400. The number of hydrogen-bond acceptors (Lipinski definition) is 3. The van der Waals surface area contributed by atoms with Gasteiger partial charge < -0.3 is 15.8 Å². The van der Waals surface area contributed by atoms with Crippen LogP contribution in [0.15, 0.2) is 18.2 Å². The average Bonchev–Trinajstić information content (AvgIpc) is 2.15. The monoisotopic (exact) mass is 232 g/mol. The molecular formula is C10H14ClFN2O. The number of halogens is 2. The van der Waals surface area contributed by atoms with Crippen LogP contribution in [0.3, 0.4) is 0 Å². The van der Waals surface area contributed by atoms with E-state index >= 15 is 0 Å². The largest absolute Gasteiger partial charge is 0.497 e. The van der Waals surface area contributed by atoms with E-state index in [9.17, 15) is 4.39 Å². The highest BCUT2D eigenvalue weighted by Crippen LogP contribution is 2.28. The minimum atomic E-state index is -0.571. The molecule has 0 spiro atoms. The van der Waals surface area contributed by atoms with E-state index < -0.39 is 5.54 Å². The molecule has 1 aromatic carbocycles. The highest BCUT2D eigenvalue weighted by atomic mass is 35.5. The van der Waals surface area contributed by atoms with Crippen LogP contribution >= 0.6 is 12.4 Å². The van der Waals surface area contributed by atoms with Crippen LogP contribution in [0.4, 0.5) is 4.39 Å². The molecule has 0 atom stereocenters. The van der Waals surface area contributed by atoms with Crippen molar-refractivity contribution in [2.24, 2.45) is 5.73 Å². The molecule has 0 aromatic heterocycles. The molecule has 0 aliphatic carbocycles. The zero-order valence-corrected chi connectivity index (χ0v) is 9.23. The summed E-state index contributed by atoms with van der Waals surface area (Å²) in [6, 6.07) is 4.64. The Labute approximate surface area is 94.2 Å². The Morgan fingerprint density at radius 2 is 2.13 bits per heavy atom. The maximum Gasteiger partial charge on any atom is 0.128 e. The van der Waals surface area contributed by atoms with Gasteiger partial charge in [0.1, 0.15) is 11.6 Å². The third kappa shape index (κ3) is 2.07. The minimum absolute atomic E-state index is 0. The number of ether oxygens (including phenoxy) is 1. The van der Waals surface area contributed by atoms with Gasteiger partial charge in [0.25, 0.3) is 0 Å². The van der Waals surface area contributed by atoms with Crippen molar-refractivity contribution in [3.05, 3.63) is 29.6 Å². The summed E-state index contributed by atoms with van der Waals surface area (Å²) in [5.74, 6) is 0.368. The van der Waals surface area contributed by atoms with Gasteiger partial charge in [-0.2, -0.15) is 0 Å². The molecule has 3 N–H and O–H groups in total. The van der Waals surface area contributed by atoms with Crippen molar-refractivity contribution < 1.29 is 9.13 Å². The van der Waals surface area contributed by atoms with E-state index in [1.54, 1.807) is 19.2 Å². The lowest BCUT2D eigenvalue weighted by molar-refractivity contribution is 0.276. The normalized spacial score (nSPS) is 17.5. The summed E-state index contributed by atoms with van der Waals surface area (Å²) in [4.78, 5) is 0. The first-order valence-electron chi connectivity index (χ1n) is 4.49. The first-order valence-corrected chi connectivity index (χ1v) is 4.49. The van der Waals surface area contributed by atoms with Gasteiger partial charge in [0.15, 0.2) is 0 Å². The standard InChI is InChI=1S/C10H13FN2O.ClH/c1-14-7-2-3-9(11)8(4-7)10(12)5-13-6-10;/h2-4,13H,5-6,12H2,1H3;1H. The van der Waals surface area contributed by atoms with E-state index in [1.807, 2.05) is 0 Å². The number of hydrogen-bond donors (Lipinski definition) is 2. The van der Waals surface area contributed by atoms with E-state index in [0.29, 0.717) is 24.4 Å². The Morgan fingerprint density at radius 1 is 1.47 bits per heavy atom. The van der Waals surface area contributed by atoms with E-state index in [4.69, 9.17) is 10.5 Å². The van der Waals surface area contributed by atoms with Crippen LogP contribution in [0.2, 0.25) is 0 Å². The van der Waals surface area contributed by atoms with Crippen LogP contribution in [0.25, 0.3) is 0 Å². The number of nitrogens with one attached hydrogen (secondary N) is 1. The van der Waals surface area contributed by atoms with Gasteiger partial charge in [0.05, 0.1) is 12.6 Å². The zero-order valence-electron chi connectivity index (χ0n) is 8.42. The third-order valence-electron chi connectivity index (χ3n) is 2.59. The molecule has 1 aromatic rings. The van der Waals surface area contributed by atoms with Crippen LogP contribution in [-0.2, 0) is 5.54 Å². The molecule has 3 nitrogen and oxygen atoms in total. The maximum atomic E-state index is 13.5.